The molecule has 2 rings (SSSR count). The van der Waals surface area contributed by atoms with Crippen LogP contribution in [0.1, 0.15) is 64.2 Å². The average Bonchev–Trinajstić information content (AvgIpc) is 2.55. The maximum atomic E-state index is 11.9. The zero-order chi connectivity index (χ0) is 16.7. The van der Waals surface area contributed by atoms with Crippen LogP contribution in [0, 0.1) is 17.8 Å². The van der Waals surface area contributed by atoms with Gasteiger partial charge in [-0.2, -0.15) is 8.78 Å². The van der Waals surface area contributed by atoms with Gasteiger partial charge >= 0.3 is 5.97 Å². The summed E-state index contributed by atoms with van der Waals surface area (Å²) in [6.07, 6.45) is 10.5. The summed E-state index contributed by atoms with van der Waals surface area (Å²) in [6, 6.07) is 0. The van der Waals surface area contributed by atoms with Gasteiger partial charge in [-0.3, -0.25) is 4.79 Å². The Balaban J connectivity index is 1.65. The normalized spacial score (nSPS) is 31.2. The molecule has 23 heavy (non-hydrogen) atoms. The van der Waals surface area contributed by atoms with E-state index in [0.29, 0.717) is 5.92 Å². The van der Waals surface area contributed by atoms with E-state index in [0.717, 1.165) is 43.6 Å². The molecule has 0 aromatic rings. The summed E-state index contributed by atoms with van der Waals surface area (Å²) in [6.45, 7) is 3.90. The lowest BCUT2D eigenvalue weighted by Crippen LogP contribution is -2.29. The van der Waals surface area contributed by atoms with Crippen LogP contribution in [0.3, 0.4) is 0 Å². The fraction of sp³-hybridized carbons (Fsp3) is 0.737. The minimum Gasteiger partial charge on any atom is -0.462 e. The highest BCUT2D eigenvalue weighted by atomic mass is 19.3. The van der Waals surface area contributed by atoms with Crippen LogP contribution in [0.25, 0.3) is 0 Å². The van der Waals surface area contributed by atoms with Crippen molar-refractivity contribution in [3.05, 3.63) is 24.8 Å². The van der Waals surface area contributed by atoms with Gasteiger partial charge in [-0.05, 0) is 81.6 Å². The van der Waals surface area contributed by atoms with E-state index in [1.54, 1.807) is 0 Å². The number of ether oxygens (including phenoxy) is 1. The van der Waals surface area contributed by atoms with Crippen molar-refractivity contribution in [3.63, 3.8) is 0 Å². The van der Waals surface area contributed by atoms with Crippen molar-refractivity contribution in [2.24, 2.45) is 17.8 Å². The number of rotatable bonds is 6. The van der Waals surface area contributed by atoms with E-state index in [1.165, 1.54) is 25.7 Å². The highest BCUT2D eigenvalue weighted by Crippen LogP contribution is 2.40. The van der Waals surface area contributed by atoms with Gasteiger partial charge in [0.05, 0.1) is 0 Å². The predicted octanol–water partition coefficient (Wildman–Crippen LogP) is 5.64. The van der Waals surface area contributed by atoms with E-state index in [4.69, 9.17) is 4.74 Å². The summed E-state index contributed by atoms with van der Waals surface area (Å²) in [5.74, 6) is 1.93. The molecule has 0 saturated heterocycles. The van der Waals surface area contributed by atoms with Crippen molar-refractivity contribution >= 4 is 5.97 Å². The average molecular weight is 326 g/mol. The van der Waals surface area contributed by atoms with Crippen LogP contribution < -0.4 is 0 Å². The molecule has 2 aliphatic carbocycles. The van der Waals surface area contributed by atoms with Gasteiger partial charge in [0, 0.05) is 6.42 Å². The highest BCUT2D eigenvalue weighted by molar-refractivity contribution is 5.69. The standard InChI is InChI=1S/C19H28F2O2/c1-2-14-6-8-15(9-7-14)16-10-12-17(13-11-16)23-19(22)5-3-4-18(20)21/h2,4,14-17H,1,3,5-13H2. The summed E-state index contributed by atoms with van der Waals surface area (Å²) in [5, 5.41) is 0. The Morgan fingerprint density at radius 3 is 2.09 bits per heavy atom. The number of halogens is 2. The van der Waals surface area contributed by atoms with Gasteiger partial charge in [0.2, 0.25) is 0 Å². The Morgan fingerprint density at radius 1 is 1.00 bits per heavy atom. The minimum atomic E-state index is -1.73. The molecule has 0 aliphatic heterocycles. The van der Waals surface area contributed by atoms with Crippen LogP contribution in [0.5, 0.6) is 0 Å². The molecule has 0 aromatic heterocycles. The molecule has 0 N–H and O–H groups in total. The van der Waals surface area contributed by atoms with Gasteiger partial charge in [-0.15, -0.1) is 6.58 Å². The summed E-state index contributed by atoms with van der Waals surface area (Å²) >= 11 is 0. The molecular formula is C19H28F2O2. The molecule has 0 heterocycles. The van der Waals surface area contributed by atoms with Crippen molar-refractivity contribution in [1.29, 1.82) is 0 Å². The molecule has 0 aromatic carbocycles. The van der Waals surface area contributed by atoms with Gasteiger partial charge in [-0.1, -0.05) is 6.08 Å². The van der Waals surface area contributed by atoms with Crippen molar-refractivity contribution in [2.45, 2.75) is 70.3 Å². The second kappa shape index (κ2) is 9.19. The van der Waals surface area contributed by atoms with Gasteiger partial charge in [-0.25, -0.2) is 0 Å². The maximum Gasteiger partial charge on any atom is 0.306 e. The quantitative estimate of drug-likeness (QED) is 0.466. The first-order valence-electron chi connectivity index (χ1n) is 8.91. The van der Waals surface area contributed by atoms with Gasteiger partial charge in [0.15, 0.2) is 0 Å². The Labute approximate surface area is 138 Å². The molecule has 0 atom stereocenters. The molecule has 130 valence electrons. The summed E-state index contributed by atoms with van der Waals surface area (Å²) in [5.41, 5.74) is 0. The first kappa shape index (κ1) is 18.2. The van der Waals surface area contributed by atoms with Crippen LogP contribution in [0.4, 0.5) is 8.78 Å². The van der Waals surface area contributed by atoms with E-state index in [9.17, 15) is 13.6 Å². The summed E-state index contributed by atoms with van der Waals surface area (Å²) in [4.78, 5) is 11.6. The largest absolute Gasteiger partial charge is 0.462 e. The second-order valence-electron chi connectivity index (χ2n) is 6.97. The number of carbonyl (C=O) groups is 1. The lowest BCUT2D eigenvalue weighted by molar-refractivity contribution is -0.151. The van der Waals surface area contributed by atoms with Crippen molar-refractivity contribution < 1.29 is 18.3 Å². The first-order chi connectivity index (χ1) is 11.1. The van der Waals surface area contributed by atoms with Crippen molar-refractivity contribution in [1.82, 2.24) is 0 Å². The molecule has 0 amide bonds. The smallest absolute Gasteiger partial charge is 0.306 e. The van der Waals surface area contributed by atoms with Crippen LogP contribution >= 0.6 is 0 Å². The molecular weight excluding hydrogens is 298 g/mol. The SMILES string of the molecule is C=CC1CCC(C2CCC(OC(=O)CCC=C(F)F)CC2)CC1. The van der Waals surface area contributed by atoms with Crippen LogP contribution in [0.2, 0.25) is 0 Å². The third-order valence-corrected chi connectivity index (χ3v) is 5.48. The Kier molecular flexibility index (Phi) is 7.25. The number of esters is 1. The molecule has 0 radical (unpaired) electrons. The highest BCUT2D eigenvalue weighted by Gasteiger charge is 2.31. The van der Waals surface area contributed by atoms with E-state index in [2.05, 4.69) is 12.7 Å². The predicted molar refractivity (Wildman–Crippen MR) is 87.0 cm³/mol. The van der Waals surface area contributed by atoms with Gasteiger partial charge in [0.1, 0.15) is 6.10 Å². The number of carbonyl (C=O) groups excluding carboxylic acids is 1. The lowest BCUT2D eigenvalue weighted by atomic mass is 9.70. The number of hydrogen-bond acceptors (Lipinski definition) is 2. The zero-order valence-corrected chi connectivity index (χ0v) is 13.8. The Morgan fingerprint density at radius 2 is 1.57 bits per heavy atom. The number of allylic oxidation sites excluding steroid dienone is 2. The topological polar surface area (TPSA) is 26.3 Å². The van der Waals surface area contributed by atoms with E-state index in [-0.39, 0.29) is 24.9 Å². The number of hydrogen-bond donors (Lipinski definition) is 0. The van der Waals surface area contributed by atoms with Gasteiger partial charge < -0.3 is 4.74 Å². The molecule has 4 heteroatoms. The molecule has 2 saturated carbocycles. The summed E-state index contributed by atoms with van der Waals surface area (Å²) in [7, 11) is 0. The monoisotopic (exact) mass is 326 g/mol. The van der Waals surface area contributed by atoms with Gasteiger partial charge in [0.25, 0.3) is 6.08 Å². The van der Waals surface area contributed by atoms with Crippen LogP contribution in [-0.2, 0) is 9.53 Å². The molecule has 0 spiro atoms. The maximum absolute atomic E-state index is 11.9. The second-order valence-corrected chi connectivity index (χ2v) is 6.97. The Hall–Kier alpha value is -1.19. The third kappa shape index (κ3) is 6.08. The van der Waals surface area contributed by atoms with E-state index < -0.39 is 6.08 Å². The molecule has 2 aliphatic rings. The fourth-order valence-electron chi connectivity index (χ4n) is 4.07. The van der Waals surface area contributed by atoms with Crippen molar-refractivity contribution in [2.75, 3.05) is 0 Å². The Bertz CT molecular complexity index is 413. The molecule has 2 nitrogen and oxygen atoms in total. The zero-order valence-electron chi connectivity index (χ0n) is 13.8. The van der Waals surface area contributed by atoms with Crippen LogP contribution in [0.15, 0.2) is 24.8 Å². The molecule has 2 fully saturated rings. The minimum absolute atomic E-state index is 0.0116. The van der Waals surface area contributed by atoms with E-state index in [1.807, 2.05) is 0 Å². The third-order valence-electron chi connectivity index (χ3n) is 5.48. The van der Waals surface area contributed by atoms with Crippen molar-refractivity contribution in [3.8, 4) is 0 Å². The van der Waals surface area contributed by atoms with Crippen LogP contribution in [-0.4, -0.2) is 12.1 Å². The first-order valence-corrected chi connectivity index (χ1v) is 8.91. The molecule has 0 bridgehead atoms. The lowest BCUT2D eigenvalue weighted by Gasteiger charge is -2.37. The molecule has 0 unspecified atom stereocenters. The summed E-state index contributed by atoms with van der Waals surface area (Å²) < 4.78 is 29.2. The van der Waals surface area contributed by atoms with E-state index >= 15 is 0 Å². The fourth-order valence-corrected chi connectivity index (χ4v) is 4.07.